The Labute approximate surface area is 134 Å². The summed E-state index contributed by atoms with van der Waals surface area (Å²) in [5.74, 6) is 0.826. The van der Waals surface area contributed by atoms with Crippen molar-refractivity contribution in [2.75, 3.05) is 11.6 Å². The van der Waals surface area contributed by atoms with E-state index < -0.39 is 0 Å². The summed E-state index contributed by atoms with van der Waals surface area (Å²) in [5, 5.41) is 4.10. The summed E-state index contributed by atoms with van der Waals surface area (Å²) in [6.07, 6.45) is 6.55. The Balaban J connectivity index is 2.04. The predicted molar refractivity (Wildman–Crippen MR) is 89.8 cm³/mol. The van der Waals surface area contributed by atoms with Crippen LogP contribution >= 0.6 is 27.7 Å². The van der Waals surface area contributed by atoms with Gasteiger partial charge in [0.15, 0.2) is 0 Å². The molecule has 1 aliphatic rings. The Kier molecular flexibility index (Phi) is 5.56. The molecule has 0 saturated heterocycles. The molecule has 0 spiro atoms. The van der Waals surface area contributed by atoms with Crippen LogP contribution in [-0.4, -0.2) is 23.0 Å². The molecule has 1 aliphatic carbocycles. The zero-order chi connectivity index (χ0) is 14.6. The Morgan fingerprint density at radius 2 is 1.95 bits per heavy atom. The number of rotatable bonds is 4. The molecule has 1 N–H and O–H groups in total. The van der Waals surface area contributed by atoms with E-state index in [2.05, 4.69) is 28.2 Å². The second kappa shape index (κ2) is 6.99. The van der Waals surface area contributed by atoms with E-state index in [1.54, 1.807) is 11.8 Å². The summed E-state index contributed by atoms with van der Waals surface area (Å²) in [6.45, 7) is 2.29. The van der Waals surface area contributed by atoms with Gasteiger partial charge in [-0.25, -0.2) is 0 Å². The fourth-order valence-electron chi connectivity index (χ4n) is 2.66. The number of thioether (sulfide) groups is 1. The van der Waals surface area contributed by atoms with Gasteiger partial charge in [-0.05, 0) is 62.1 Å². The Hall–Kier alpha value is -0.480. The first-order valence-electron chi connectivity index (χ1n) is 7.11. The van der Waals surface area contributed by atoms with Gasteiger partial charge in [0.05, 0.1) is 5.54 Å². The van der Waals surface area contributed by atoms with E-state index in [1.807, 2.05) is 30.5 Å². The van der Waals surface area contributed by atoms with E-state index in [1.165, 1.54) is 17.7 Å². The molecule has 20 heavy (non-hydrogen) atoms. The molecular weight excluding hydrogens is 334 g/mol. The summed E-state index contributed by atoms with van der Waals surface area (Å²) < 4.78 is 0. The normalized spacial score (nSPS) is 26.2. The van der Waals surface area contributed by atoms with Gasteiger partial charge in [-0.2, -0.15) is 0 Å². The molecule has 4 heteroatoms. The summed E-state index contributed by atoms with van der Waals surface area (Å²) in [5.41, 5.74) is 0.684. The molecule has 0 unspecified atom stereocenters. The highest BCUT2D eigenvalue weighted by Gasteiger charge is 2.34. The molecule has 1 aromatic carbocycles. The number of alkyl halides is 1. The van der Waals surface area contributed by atoms with Gasteiger partial charge < -0.3 is 5.32 Å². The Bertz CT molecular complexity index is 452. The maximum absolute atomic E-state index is 12.4. The number of amides is 1. The third-order valence-electron chi connectivity index (χ3n) is 4.22. The minimum Gasteiger partial charge on any atom is -0.346 e. The van der Waals surface area contributed by atoms with Crippen LogP contribution in [0.25, 0.3) is 0 Å². The molecule has 110 valence electrons. The van der Waals surface area contributed by atoms with Crippen LogP contribution in [0.1, 0.15) is 43.0 Å². The van der Waals surface area contributed by atoms with Gasteiger partial charge in [-0.3, -0.25) is 4.79 Å². The quantitative estimate of drug-likeness (QED) is 0.637. The second-order valence-electron chi connectivity index (χ2n) is 5.78. The molecule has 0 aliphatic heterocycles. The van der Waals surface area contributed by atoms with Gasteiger partial charge >= 0.3 is 0 Å². The molecule has 2 rings (SSSR count). The van der Waals surface area contributed by atoms with Crippen LogP contribution in [0, 0.1) is 5.92 Å². The van der Waals surface area contributed by atoms with Gasteiger partial charge in [-0.15, -0.1) is 11.8 Å². The number of hydrogen-bond donors (Lipinski definition) is 1. The monoisotopic (exact) mass is 355 g/mol. The lowest BCUT2D eigenvalue weighted by Crippen LogP contribution is -2.52. The Morgan fingerprint density at radius 3 is 2.45 bits per heavy atom. The lowest BCUT2D eigenvalue weighted by Gasteiger charge is -2.39. The maximum Gasteiger partial charge on any atom is 0.251 e. The van der Waals surface area contributed by atoms with E-state index in [-0.39, 0.29) is 11.4 Å². The highest BCUT2D eigenvalue weighted by Crippen LogP contribution is 2.33. The summed E-state index contributed by atoms with van der Waals surface area (Å²) >= 11 is 5.28. The number of nitrogens with one attached hydrogen (secondary N) is 1. The van der Waals surface area contributed by atoms with Crippen molar-refractivity contribution >= 4 is 33.6 Å². The van der Waals surface area contributed by atoms with E-state index in [9.17, 15) is 4.79 Å². The van der Waals surface area contributed by atoms with Crippen molar-refractivity contribution in [3.63, 3.8) is 0 Å². The third-order valence-corrected chi connectivity index (χ3v) is 6.04. The van der Waals surface area contributed by atoms with Crippen LogP contribution in [-0.2, 0) is 0 Å². The fourth-order valence-corrected chi connectivity index (χ4v) is 3.77. The zero-order valence-corrected chi connectivity index (χ0v) is 14.5. The van der Waals surface area contributed by atoms with E-state index in [4.69, 9.17) is 0 Å². The zero-order valence-electron chi connectivity index (χ0n) is 12.1. The number of halogens is 1. The first kappa shape index (κ1) is 15.9. The molecule has 0 heterocycles. The van der Waals surface area contributed by atoms with Crippen LogP contribution in [0.4, 0.5) is 0 Å². The van der Waals surface area contributed by atoms with Gasteiger partial charge in [0, 0.05) is 15.8 Å². The standard InChI is InChI=1S/C16H22BrNOS/c1-12-7-9-16(11-17,10-8-12)18-15(19)13-3-5-14(20-2)6-4-13/h3-6,12H,7-11H2,1-2H3,(H,18,19). The molecule has 1 fully saturated rings. The van der Waals surface area contributed by atoms with E-state index >= 15 is 0 Å². The van der Waals surface area contributed by atoms with Crippen molar-refractivity contribution in [3.05, 3.63) is 29.8 Å². The highest BCUT2D eigenvalue weighted by atomic mass is 79.9. The Morgan fingerprint density at radius 1 is 1.35 bits per heavy atom. The van der Waals surface area contributed by atoms with Crippen molar-refractivity contribution in [2.24, 2.45) is 5.92 Å². The summed E-state index contributed by atoms with van der Waals surface area (Å²) in [4.78, 5) is 13.6. The van der Waals surface area contributed by atoms with Crippen molar-refractivity contribution in [2.45, 2.75) is 43.0 Å². The number of hydrogen-bond acceptors (Lipinski definition) is 2. The number of carbonyl (C=O) groups excluding carboxylic acids is 1. The van der Waals surface area contributed by atoms with Crippen molar-refractivity contribution in [1.29, 1.82) is 0 Å². The molecule has 2 nitrogen and oxygen atoms in total. The first-order chi connectivity index (χ1) is 9.58. The van der Waals surface area contributed by atoms with Crippen molar-refractivity contribution in [1.82, 2.24) is 5.32 Å². The topological polar surface area (TPSA) is 29.1 Å². The van der Waals surface area contributed by atoms with E-state index in [0.29, 0.717) is 0 Å². The summed E-state index contributed by atoms with van der Waals surface area (Å²) in [7, 11) is 0. The SMILES string of the molecule is CSc1ccc(C(=O)NC2(CBr)CCC(C)CC2)cc1. The second-order valence-corrected chi connectivity index (χ2v) is 7.22. The van der Waals surface area contributed by atoms with Crippen LogP contribution in [0.15, 0.2) is 29.2 Å². The van der Waals surface area contributed by atoms with Gasteiger partial charge in [0.25, 0.3) is 5.91 Å². The van der Waals surface area contributed by atoms with Crippen LogP contribution in [0.2, 0.25) is 0 Å². The van der Waals surface area contributed by atoms with Gasteiger partial charge in [0.2, 0.25) is 0 Å². The molecule has 1 saturated carbocycles. The fraction of sp³-hybridized carbons (Fsp3) is 0.562. The first-order valence-corrected chi connectivity index (χ1v) is 9.46. The van der Waals surface area contributed by atoms with Crippen molar-refractivity contribution < 1.29 is 4.79 Å². The predicted octanol–water partition coefficient (Wildman–Crippen LogP) is 4.48. The number of benzene rings is 1. The molecular formula is C16H22BrNOS. The third kappa shape index (κ3) is 3.79. The maximum atomic E-state index is 12.4. The van der Waals surface area contributed by atoms with Gasteiger partial charge in [0.1, 0.15) is 0 Å². The van der Waals surface area contributed by atoms with Gasteiger partial charge in [-0.1, -0.05) is 22.9 Å². The molecule has 1 aromatic rings. The summed E-state index contributed by atoms with van der Waals surface area (Å²) in [6, 6.07) is 7.83. The number of carbonyl (C=O) groups is 1. The molecule has 0 radical (unpaired) electrons. The van der Waals surface area contributed by atoms with Crippen LogP contribution < -0.4 is 5.32 Å². The smallest absolute Gasteiger partial charge is 0.251 e. The minimum absolute atomic E-state index is 0.0478. The molecule has 1 amide bonds. The largest absolute Gasteiger partial charge is 0.346 e. The average Bonchev–Trinajstić information content (AvgIpc) is 2.50. The minimum atomic E-state index is -0.0677. The van der Waals surface area contributed by atoms with E-state index in [0.717, 1.165) is 29.7 Å². The lowest BCUT2D eigenvalue weighted by atomic mass is 9.78. The molecule has 0 atom stereocenters. The highest BCUT2D eigenvalue weighted by molar-refractivity contribution is 9.09. The molecule has 0 bridgehead atoms. The average molecular weight is 356 g/mol. The van der Waals surface area contributed by atoms with Crippen molar-refractivity contribution in [3.8, 4) is 0 Å². The van der Waals surface area contributed by atoms with Crippen LogP contribution in [0.5, 0.6) is 0 Å². The molecule has 0 aromatic heterocycles. The van der Waals surface area contributed by atoms with Crippen LogP contribution in [0.3, 0.4) is 0 Å². The lowest BCUT2D eigenvalue weighted by molar-refractivity contribution is 0.0874.